The summed E-state index contributed by atoms with van der Waals surface area (Å²) in [6, 6.07) is 3.43. The van der Waals surface area contributed by atoms with Crippen molar-refractivity contribution < 1.29 is 19.4 Å². The summed E-state index contributed by atoms with van der Waals surface area (Å²) in [7, 11) is 3.13. The largest absolute Gasteiger partial charge is 0.496 e. The lowest BCUT2D eigenvalue weighted by Crippen LogP contribution is -2.33. The number of nitrogens with zero attached hydrogens (tertiary/aromatic N) is 1. The van der Waals surface area contributed by atoms with Gasteiger partial charge in [0.25, 0.3) is 5.91 Å². The molecule has 1 unspecified atom stereocenters. The Hall–Kier alpha value is -1.75. The van der Waals surface area contributed by atoms with Crippen LogP contribution in [0, 0.1) is 6.92 Å². The lowest BCUT2D eigenvalue weighted by Gasteiger charge is -2.20. The minimum atomic E-state index is -0.797. The maximum atomic E-state index is 12.5. The summed E-state index contributed by atoms with van der Waals surface area (Å²) < 4.78 is 10.6. The van der Waals surface area contributed by atoms with Gasteiger partial charge in [-0.1, -0.05) is 0 Å². The van der Waals surface area contributed by atoms with E-state index in [0.29, 0.717) is 36.6 Å². The zero-order valence-electron chi connectivity index (χ0n) is 12.4. The molecule has 110 valence electrons. The molecule has 2 rings (SSSR count). The van der Waals surface area contributed by atoms with E-state index in [1.54, 1.807) is 38.2 Å². The molecule has 1 amide bonds. The molecule has 1 fully saturated rings. The summed E-state index contributed by atoms with van der Waals surface area (Å²) in [5.74, 6) is 1.14. The van der Waals surface area contributed by atoms with Gasteiger partial charge >= 0.3 is 0 Å². The number of carbonyl (C=O) groups excluding carboxylic acids is 1. The monoisotopic (exact) mass is 279 g/mol. The molecule has 0 saturated carbocycles. The van der Waals surface area contributed by atoms with Gasteiger partial charge < -0.3 is 19.5 Å². The second-order valence-corrected chi connectivity index (χ2v) is 5.48. The molecule has 0 aromatic heterocycles. The Bertz CT molecular complexity index is 500. The van der Waals surface area contributed by atoms with Crippen LogP contribution in [0.5, 0.6) is 11.5 Å². The van der Waals surface area contributed by atoms with E-state index in [9.17, 15) is 9.90 Å². The summed E-state index contributed by atoms with van der Waals surface area (Å²) in [6.45, 7) is 4.54. The van der Waals surface area contributed by atoms with E-state index >= 15 is 0 Å². The van der Waals surface area contributed by atoms with Crippen molar-refractivity contribution in [2.24, 2.45) is 0 Å². The zero-order chi connectivity index (χ0) is 14.9. The van der Waals surface area contributed by atoms with Crippen LogP contribution < -0.4 is 9.47 Å². The molecule has 0 aliphatic carbocycles. The maximum Gasteiger partial charge on any atom is 0.254 e. The summed E-state index contributed by atoms with van der Waals surface area (Å²) in [5.41, 5.74) is 0.580. The van der Waals surface area contributed by atoms with Crippen molar-refractivity contribution in [1.82, 2.24) is 4.90 Å². The van der Waals surface area contributed by atoms with E-state index in [0.717, 1.165) is 5.56 Å². The molecule has 20 heavy (non-hydrogen) atoms. The van der Waals surface area contributed by atoms with Gasteiger partial charge in [-0.25, -0.2) is 0 Å². The van der Waals surface area contributed by atoms with Crippen LogP contribution in [-0.2, 0) is 0 Å². The second-order valence-electron chi connectivity index (χ2n) is 5.48. The summed E-state index contributed by atoms with van der Waals surface area (Å²) in [5, 5.41) is 9.96. The van der Waals surface area contributed by atoms with Crippen molar-refractivity contribution in [2.45, 2.75) is 25.9 Å². The van der Waals surface area contributed by atoms with Crippen molar-refractivity contribution >= 4 is 5.91 Å². The third kappa shape index (κ3) is 2.72. The molecule has 5 heteroatoms. The fourth-order valence-corrected chi connectivity index (χ4v) is 2.51. The number of β-amino-alcohol motifs (C(OH)–C–C–N with tert-alkyl or cyclic N) is 1. The molecule has 1 aromatic carbocycles. The highest BCUT2D eigenvalue weighted by Crippen LogP contribution is 2.31. The fourth-order valence-electron chi connectivity index (χ4n) is 2.51. The molecule has 1 saturated heterocycles. The number of ether oxygens (including phenoxy) is 2. The first kappa shape index (κ1) is 14.7. The zero-order valence-corrected chi connectivity index (χ0v) is 12.4. The Morgan fingerprint density at radius 2 is 1.85 bits per heavy atom. The van der Waals surface area contributed by atoms with Gasteiger partial charge in [-0.05, 0) is 32.4 Å². The van der Waals surface area contributed by atoms with Gasteiger partial charge in [-0.2, -0.15) is 0 Å². The highest BCUT2D eigenvalue weighted by molar-refractivity contribution is 5.95. The van der Waals surface area contributed by atoms with E-state index < -0.39 is 5.60 Å². The van der Waals surface area contributed by atoms with Crippen LogP contribution in [0.4, 0.5) is 0 Å². The van der Waals surface area contributed by atoms with Crippen molar-refractivity contribution in [2.75, 3.05) is 27.3 Å². The number of aliphatic hydroxyl groups is 1. The molecule has 0 bridgehead atoms. The number of hydrogen-bond donors (Lipinski definition) is 1. The number of rotatable bonds is 3. The minimum absolute atomic E-state index is 0.112. The van der Waals surface area contributed by atoms with Gasteiger partial charge in [0.2, 0.25) is 0 Å². The molecule has 1 aromatic rings. The van der Waals surface area contributed by atoms with Crippen LogP contribution in [0.25, 0.3) is 0 Å². The lowest BCUT2D eigenvalue weighted by atomic mass is 10.1. The molecule has 0 radical (unpaired) electrons. The van der Waals surface area contributed by atoms with Gasteiger partial charge in [0.15, 0.2) is 0 Å². The van der Waals surface area contributed by atoms with Gasteiger partial charge in [-0.15, -0.1) is 0 Å². The van der Waals surface area contributed by atoms with E-state index in [2.05, 4.69) is 0 Å². The Kier molecular flexibility index (Phi) is 3.90. The number of amides is 1. The van der Waals surface area contributed by atoms with Crippen LogP contribution in [0.1, 0.15) is 29.3 Å². The average molecular weight is 279 g/mol. The molecule has 1 N–H and O–H groups in total. The number of methoxy groups -OCH3 is 2. The predicted octanol–water partition coefficient (Wildman–Crippen LogP) is 1.61. The quantitative estimate of drug-likeness (QED) is 0.913. The molecule has 1 aliphatic heterocycles. The summed E-state index contributed by atoms with van der Waals surface area (Å²) >= 11 is 0. The molecule has 1 heterocycles. The van der Waals surface area contributed by atoms with Gasteiger partial charge in [-0.3, -0.25) is 4.79 Å². The fraction of sp³-hybridized carbons (Fsp3) is 0.533. The third-order valence-corrected chi connectivity index (χ3v) is 3.74. The van der Waals surface area contributed by atoms with E-state index in [4.69, 9.17) is 9.47 Å². The minimum Gasteiger partial charge on any atom is -0.496 e. The van der Waals surface area contributed by atoms with Crippen LogP contribution in [-0.4, -0.2) is 48.8 Å². The number of hydrogen-bond acceptors (Lipinski definition) is 4. The molecular formula is C15H21NO4. The Morgan fingerprint density at radius 1 is 1.30 bits per heavy atom. The number of likely N-dealkylation sites (tertiary alicyclic amines) is 1. The maximum absolute atomic E-state index is 12.5. The van der Waals surface area contributed by atoms with E-state index in [1.807, 2.05) is 6.92 Å². The molecule has 5 nitrogen and oxygen atoms in total. The van der Waals surface area contributed by atoms with E-state index in [1.165, 1.54) is 0 Å². The first-order valence-corrected chi connectivity index (χ1v) is 6.62. The number of carbonyl (C=O) groups is 1. The topological polar surface area (TPSA) is 59.0 Å². The Morgan fingerprint density at radius 3 is 2.25 bits per heavy atom. The molecular weight excluding hydrogens is 258 g/mol. The molecule has 1 atom stereocenters. The van der Waals surface area contributed by atoms with Gasteiger partial charge in [0, 0.05) is 24.2 Å². The second kappa shape index (κ2) is 5.32. The van der Waals surface area contributed by atoms with Crippen LogP contribution in [0.3, 0.4) is 0 Å². The lowest BCUT2D eigenvalue weighted by molar-refractivity contribution is 0.0572. The SMILES string of the molecule is COc1cc(C(=O)N2CCC(C)(O)C2)cc(OC)c1C. The highest BCUT2D eigenvalue weighted by atomic mass is 16.5. The van der Waals surface area contributed by atoms with Crippen molar-refractivity contribution in [3.8, 4) is 11.5 Å². The Balaban J connectivity index is 2.31. The Labute approximate surface area is 119 Å². The van der Waals surface area contributed by atoms with Gasteiger partial charge in [0.1, 0.15) is 11.5 Å². The predicted molar refractivity (Wildman–Crippen MR) is 75.4 cm³/mol. The van der Waals surface area contributed by atoms with Crippen LogP contribution in [0.15, 0.2) is 12.1 Å². The number of benzene rings is 1. The van der Waals surface area contributed by atoms with Crippen molar-refractivity contribution in [3.63, 3.8) is 0 Å². The third-order valence-electron chi connectivity index (χ3n) is 3.74. The highest BCUT2D eigenvalue weighted by Gasteiger charge is 2.34. The first-order valence-electron chi connectivity index (χ1n) is 6.62. The normalized spacial score (nSPS) is 21.9. The standard InChI is InChI=1S/C15H21NO4/c1-10-12(19-3)7-11(8-13(10)20-4)14(17)16-6-5-15(2,18)9-16/h7-8,18H,5-6,9H2,1-4H3. The first-order chi connectivity index (χ1) is 9.38. The van der Waals surface area contributed by atoms with Crippen LogP contribution >= 0.6 is 0 Å². The molecule has 1 aliphatic rings. The summed E-state index contributed by atoms with van der Waals surface area (Å²) in [6.07, 6.45) is 0.596. The van der Waals surface area contributed by atoms with Crippen LogP contribution in [0.2, 0.25) is 0 Å². The molecule has 0 spiro atoms. The average Bonchev–Trinajstić information content (AvgIpc) is 2.78. The summed E-state index contributed by atoms with van der Waals surface area (Å²) in [4.78, 5) is 14.1. The smallest absolute Gasteiger partial charge is 0.254 e. The van der Waals surface area contributed by atoms with Gasteiger partial charge in [0.05, 0.1) is 19.8 Å². The van der Waals surface area contributed by atoms with Crippen molar-refractivity contribution in [3.05, 3.63) is 23.3 Å². The van der Waals surface area contributed by atoms with Crippen molar-refractivity contribution in [1.29, 1.82) is 0 Å². The van der Waals surface area contributed by atoms with E-state index in [-0.39, 0.29) is 5.91 Å².